The standard InChI is InChI=1S/C16H18BrNO8/c1-25-4-5-26-9-12(19)16(15(23)24,3-2-13(20)21)14(22)10-6-11(17)8-18-7-10/h6-8H,2-5,9H2,1H3,(H,20,21)(H,23,24). The molecule has 10 heteroatoms. The highest BCUT2D eigenvalue weighted by Gasteiger charge is 2.52. The number of nitrogens with zero attached hydrogens (tertiary/aromatic N) is 1. The number of aromatic nitrogens is 1. The molecule has 0 radical (unpaired) electrons. The summed E-state index contributed by atoms with van der Waals surface area (Å²) in [5.41, 5.74) is -2.70. The first-order chi connectivity index (χ1) is 12.3. The largest absolute Gasteiger partial charge is 0.481 e. The summed E-state index contributed by atoms with van der Waals surface area (Å²) in [5, 5.41) is 18.6. The Hall–Kier alpha value is -2.17. The van der Waals surface area contributed by atoms with Crippen LogP contribution in [0, 0.1) is 5.41 Å². The number of Topliss-reactive ketones (excluding diaryl/α,β-unsaturated/α-hetero) is 2. The third kappa shape index (κ3) is 5.41. The Labute approximate surface area is 157 Å². The van der Waals surface area contributed by atoms with Crippen molar-refractivity contribution in [2.24, 2.45) is 5.41 Å². The van der Waals surface area contributed by atoms with E-state index < -0.39 is 48.4 Å². The molecule has 0 aliphatic heterocycles. The first-order valence-electron chi connectivity index (χ1n) is 7.46. The topological polar surface area (TPSA) is 140 Å². The molecule has 0 spiro atoms. The quantitative estimate of drug-likeness (QED) is 0.283. The zero-order valence-electron chi connectivity index (χ0n) is 13.9. The maximum absolute atomic E-state index is 12.9. The van der Waals surface area contributed by atoms with E-state index in [0.717, 1.165) is 6.20 Å². The highest BCUT2D eigenvalue weighted by atomic mass is 79.9. The summed E-state index contributed by atoms with van der Waals surface area (Å²) >= 11 is 3.11. The number of hydrogen-bond acceptors (Lipinski definition) is 7. The van der Waals surface area contributed by atoms with Gasteiger partial charge >= 0.3 is 11.9 Å². The second-order valence-corrected chi connectivity index (χ2v) is 6.21. The van der Waals surface area contributed by atoms with Gasteiger partial charge in [0, 0.05) is 36.0 Å². The van der Waals surface area contributed by atoms with E-state index in [1.807, 2.05) is 0 Å². The molecular weight excluding hydrogens is 414 g/mol. The summed E-state index contributed by atoms with van der Waals surface area (Å²) in [6, 6.07) is 1.31. The van der Waals surface area contributed by atoms with E-state index in [1.54, 1.807) is 0 Å². The molecule has 0 saturated heterocycles. The molecule has 1 rings (SSSR count). The minimum atomic E-state index is -2.58. The van der Waals surface area contributed by atoms with Crippen molar-refractivity contribution in [3.05, 3.63) is 28.5 Å². The van der Waals surface area contributed by atoms with E-state index >= 15 is 0 Å². The number of ether oxygens (including phenoxy) is 2. The minimum absolute atomic E-state index is 0.0174. The van der Waals surface area contributed by atoms with Gasteiger partial charge in [0.15, 0.2) is 17.0 Å². The van der Waals surface area contributed by atoms with E-state index in [2.05, 4.69) is 20.9 Å². The van der Waals surface area contributed by atoms with Crippen molar-refractivity contribution >= 4 is 39.4 Å². The Morgan fingerprint density at radius 2 is 1.88 bits per heavy atom. The fourth-order valence-electron chi connectivity index (χ4n) is 2.21. The van der Waals surface area contributed by atoms with Gasteiger partial charge in [-0.1, -0.05) is 0 Å². The first-order valence-corrected chi connectivity index (χ1v) is 8.25. The van der Waals surface area contributed by atoms with Gasteiger partial charge in [-0.3, -0.25) is 24.2 Å². The Kier molecular flexibility index (Phi) is 8.49. The van der Waals surface area contributed by atoms with Crippen molar-refractivity contribution in [2.45, 2.75) is 12.8 Å². The molecule has 1 aromatic heterocycles. The molecule has 1 atom stereocenters. The molecule has 142 valence electrons. The third-order valence-corrected chi connectivity index (χ3v) is 4.01. The van der Waals surface area contributed by atoms with Crippen LogP contribution >= 0.6 is 15.9 Å². The molecule has 26 heavy (non-hydrogen) atoms. The van der Waals surface area contributed by atoms with Crippen molar-refractivity contribution in [3.8, 4) is 0 Å². The Bertz CT molecular complexity index is 693. The molecule has 0 aromatic carbocycles. The number of ketones is 2. The van der Waals surface area contributed by atoms with Crippen LogP contribution in [0.25, 0.3) is 0 Å². The molecule has 1 unspecified atom stereocenters. The third-order valence-electron chi connectivity index (χ3n) is 3.57. The van der Waals surface area contributed by atoms with Gasteiger partial charge in [0.1, 0.15) is 6.61 Å². The molecular formula is C16H18BrNO8. The second-order valence-electron chi connectivity index (χ2n) is 5.29. The summed E-state index contributed by atoms with van der Waals surface area (Å²) in [7, 11) is 1.42. The fourth-order valence-corrected chi connectivity index (χ4v) is 2.57. The van der Waals surface area contributed by atoms with Crippen molar-refractivity contribution in [3.63, 3.8) is 0 Å². The first kappa shape index (κ1) is 21.9. The van der Waals surface area contributed by atoms with Crippen LogP contribution in [-0.2, 0) is 23.9 Å². The van der Waals surface area contributed by atoms with Gasteiger partial charge < -0.3 is 19.7 Å². The zero-order valence-corrected chi connectivity index (χ0v) is 15.5. The van der Waals surface area contributed by atoms with Crippen LogP contribution in [0.3, 0.4) is 0 Å². The highest BCUT2D eigenvalue weighted by Crippen LogP contribution is 2.32. The van der Waals surface area contributed by atoms with Crippen LogP contribution in [0.15, 0.2) is 22.9 Å². The van der Waals surface area contributed by atoms with Crippen molar-refractivity contribution in [2.75, 3.05) is 26.9 Å². The van der Waals surface area contributed by atoms with Gasteiger partial charge in [-0.2, -0.15) is 0 Å². The molecule has 0 amide bonds. The zero-order chi connectivity index (χ0) is 19.7. The molecule has 0 saturated carbocycles. The number of pyridine rings is 1. The van der Waals surface area contributed by atoms with Gasteiger partial charge in [-0.15, -0.1) is 0 Å². The van der Waals surface area contributed by atoms with Gasteiger partial charge in [-0.05, 0) is 28.4 Å². The monoisotopic (exact) mass is 431 g/mol. The molecule has 0 fully saturated rings. The van der Waals surface area contributed by atoms with Crippen LogP contribution in [0.1, 0.15) is 23.2 Å². The van der Waals surface area contributed by atoms with Crippen LogP contribution < -0.4 is 0 Å². The van der Waals surface area contributed by atoms with Crippen molar-refractivity contribution < 1.29 is 38.9 Å². The predicted molar refractivity (Wildman–Crippen MR) is 90.9 cm³/mol. The van der Waals surface area contributed by atoms with Gasteiger partial charge in [-0.25, -0.2) is 0 Å². The number of carbonyl (C=O) groups excluding carboxylic acids is 2. The van der Waals surface area contributed by atoms with Gasteiger partial charge in [0.2, 0.25) is 0 Å². The number of rotatable bonds is 12. The lowest BCUT2D eigenvalue weighted by molar-refractivity contribution is -0.154. The average molecular weight is 432 g/mol. The van der Waals surface area contributed by atoms with E-state index in [0.29, 0.717) is 4.47 Å². The van der Waals surface area contributed by atoms with Crippen LogP contribution in [-0.4, -0.2) is 65.6 Å². The summed E-state index contributed by atoms with van der Waals surface area (Å²) in [4.78, 5) is 52.1. The lowest BCUT2D eigenvalue weighted by Crippen LogP contribution is -2.48. The molecule has 0 aliphatic rings. The molecule has 2 N–H and O–H groups in total. The lowest BCUT2D eigenvalue weighted by atomic mass is 9.73. The van der Waals surface area contributed by atoms with E-state index in [4.69, 9.17) is 14.6 Å². The Balaban J connectivity index is 3.24. The number of hydrogen-bond donors (Lipinski definition) is 2. The normalized spacial score (nSPS) is 13.0. The fraction of sp³-hybridized carbons (Fsp3) is 0.438. The summed E-state index contributed by atoms with van der Waals surface area (Å²) < 4.78 is 10.2. The number of carboxylic acids is 2. The number of carbonyl (C=O) groups is 4. The minimum Gasteiger partial charge on any atom is -0.481 e. The number of aliphatic carboxylic acids is 2. The maximum Gasteiger partial charge on any atom is 0.325 e. The van der Waals surface area contributed by atoms with E-state index in [1.165, 1.54) is 19.4 Å². The van der Waals surface area contributed by atoms with E-state index in [-0.39, 0.29) is 18.8 Å². The molecule has 1 heterocycles. The summed E-state index contributed by atoms with van der Waals surface area (Å²) in [6.45, 7) is -0.474. The molecule has 9 nitrogen and oxygen atoms in total. The smallest absolute Gasteiger partial charge is 0.325 e. The summed E-state index contributed by atoms with van der Waals surface area (Å²) in [5.74, 6) is -5.14. The highest BCUT2D eigenvalue weighted by molar-refractivity contribution is 9.10. The van der Waals surface area contributed by atoms with E-state index in [9.17, 15) is 24.3 Å². The number of methoxy groups -OCH3 is 1. The van der Waals surface area contributed by atoms with Gasteiger partial charge in [0.25, 0.3) is 0 Å². The van der Waals surface area contributed by atoms with Crippen molar-refractivity contribution in [1.82, 2.24) is 4.98 Å². The average Bonchev–Trinajstić information content (AvgIpc) is 2.58. The summed E-state index contributed by atoms with van der Waals surface area (Å²) in [6.07, 6.45) is 1.12. The van der Waals surface area contributed by atoms with Gasteiger partial charge in [0.05, 0.1) is 13.2 Å². The molecule has 1 aromatic rings. The van der Waals surface area contributed by atoms with Crippen LogP contribution in [0.2, 0.25) is 0 Å². The lowest BCUT2D eigenvalue weighted by Gasteiger charge is -2.26. The number of halogens is 1. The van der Waals surface area contributed by atoms with Crippen molar-refractivity contribution in [1.29, 1.82) is 0 Å². The Morgan fingerprint density at radius 3 is 2.42 bits per heavy atom. The predicted octanol–water partition coefficient (Wildman–Crippen LogP) is 1.19. The van der Waals surface area contributed by atoms with Crippen LogP contribution in [0.4, 0.5) is 0 Å². The van der Waals surface area contributed by atoms with Crippen LogP contribution in [0.5, 0.6) is 0 Å². The number of carboxylic acid groups (broad SMARTS) is 2. The maximum atomic E-state index is 12.9. The Morgan fingerprint density at radius 1 is 1.19 bits per heavy atom. The molecule has 0 bridgehead atoms. The second kappa shape index (κ2) is 10.1. The molecule has 0 aliphatic carbocycles. The SMILES string of the molecule is COCCOCC(=O)C(CCC(=O)O)(C(=O)O)C(=O)c1cncc(Br)c1.